The highest BCUT2D eigenvalue weighted by Gasteiger charge is 2.25. The molecule has 1 aromatic heterocycles. The number of hydrogen-bond acceptors (Lipinski definition) is 5. The number of carbonyl (C=O) groups is 1. The lowest BCUT2D eigenvalue weighted by atomic mass is 10.1. The fourth-order valence-electron chi connectivity index (χ4n) is 3.46. The molecule has 0 spiro atoms. The van der Waals surface area contributed by atoms with Crippen LogP contribution in [0.5, 0.6) is 0 Å². The Labute approximate surface area is 167 Å². The third-order valence-electron chi connectivity index (χ3n) is 5.09. The number of nitrogens with zero attached hydrogens (tertiary/aromatic N) is 4. The van der Waals surface area contributed by atoms with Crippen LogP contribution < -0.4 is 0 Å². The van der Waals surface area contributed by atoms with Crippen molar-refractivity contribution in [3.05, 3.63) is 76.0 Å². The second-order valence-electron chi connectivity index (χ2n) is 6.97. The molecule has 1 N–H and O–H groups in total. The monoisotopic (exact) mass is 391 g/mol. The van der Waals surface area contributed by atoms with Gasteiger partial charge >= 0.3 is 0 Å². The molecule has 29 heavy (non-hydrogen) atoms. The van der Waals surface area contributed by atoms with E-state index in [9.17, 15) is 14.9 Å². The molecule has 1 aliphatic heterocycles. The van der Waals surface area contributed by atoms with Crippen LogP contribution in [0.15, 0.2) is 54.6 Å². The van der Waals surface area contributed by atoms with E-state index in [4.69, 9.17) is 0 Å². The summed E-state index contributed by atoms with van der Waals surface area (Å²) in [6, 6.07) is 14.5. The molecule has 4 rings (SSSR count). The molecule has 0 atom stereocenters. The molecule has 0 bridgehead atoms. The van der Waals surface area contributed by atoms with Crippen molar-refractivity contribution in [1.82, 2.24) is 20.0 Å². The van der Waals surface area contributed by atoms with Crippen LogP contribution in [0.4, 0.5) is 5.69 Å². The van der Waals surface area contributed by atoms with Crippen LogP contribution in [0.3, 0.4) is 0 Å². The number of benzene rings is 2. The molecule has 3 aromatic rings. The minimum atomic E-state index is -0.470. The van der Waals surface area contributed by atoms with Gasteiger partial charge in [-0.05, 0) is 11.6 Å². The Bertz CT molecular complexity index is 1050. The Morgan fingerprint density at radius 1 is 1.14 bits per heavy atom. The summed E-state index contributed by atoms with van der Waals surface area (Å²) in [5.74, 6) is -0.198. The van der Waals surface area contributed by atoms with Gasteiger partial charge in [0.2, 0.25) is 0 Å². The maximum atomic E-state index is 12.9. The van der Waals surface area contributed by atoms with Crippen LogP contribution in [-0.4, -0.2) is 63.6 Å². The fraction of sp³-hybridized carbons (Fsp3) is 0.238. The second kappa shape index (κ2) is 8.24. The van der Waals surface area contributed by atoms with Gasteiger partial charge in [0.15, 0.2) is 5.69 Å². The van der Waals surface area contributed by atoms with Crippen LogP contribution >= 0.6 is 0 Å². The number of carbonyl (C=O) groups excluding carboxylic acids is 1. The van der Waals surface area contributed by atoms with E-state index in [1.54, 1.807) is 11.0 Å². The number of rotatable bonds is 5. The van der Waals surface area contributed by atoms with Crippen molar-refractivity contribution in [3.8, 4) is 0 Å². The molecule has 1 aliphatic rings. The number of H-pyrrole nitrogens is 1. The van der Waals surface area contributed by atoms with Gasteiger partial charge in [-0.15, -0.1) is 0 Å². The normalized spacial score (nSPS) is 15.2. The summed E-state index contributed by atoms with van der Waals surface area (Å²) in [6.07, 6.45) is 4.23. The van der Waals surface area contributed by atoms with Gasteiger partial charge in [-0.3, -0.25) is 24.9 Å². The first-order chi connectivity index (χ1) is 14.1. The molecule has 2 heterocycles. The predicted octanol–water partition coefficient (Wildman–Crippen LogP) is 2.94. The summed E-state index contributed by atoms with van der Waals surface area (Å²) >= 11 is 0. The number of fused-ring (bicyclic) bond motifs is 1. The predicted molar refractivity (Wildman–Crippen MR) is 111 cm³/mol. The van der Waals surface area contributed by atoms with Crippen molar-refractivity contribution in [2.45, 2.75) is 0 Å². The molecule has 1 fully saturated rings. The highest BCUT2D eigenvalue weighted by Crippen LogP contribution is 2.23. The van der Waals surface area contributed by atoms with Gasteiger partial charge < -0.3 is 4.90 Å². The van der Waals surface area contributed by atoms with Gasteiger partial charge in [-0.1, -0.05) is 42.5 Å². The molecule has 1 saturated heterocycles. The third-order valence-corrected chi connectivity index (χ3v) is 5.09. The molecule has 8 nitrogen and oxygen atoms in total. The number of piperazine rings is 1. The highest BCUT2D eigenvalue weighted by molar-refractivity contribution is 6.05. The maximum absolute atomic E-state index is 12.9. The van der Waals surface area contributed by atoms with Crippen LogP contribution in [0.25, 0.3) is 17.0 Å². The molecule has 0 radical (unpaired) electrons. The van der Waals surface area contributed by atoms with Gasteiger partial charge in [0.1, 0.15) is 0 Å². The van der Waals surface area contributed by atoms with Crippen molar-refractivity contribution < 1.29 is 9.72 Å². The quantitative estimate of drug-likeness (QED) is 0.533. The molecule has 0 saturated carbocycles. The third kappa shape index (κ3) is 4.17. The molecule has 2 aromatic carbocycles. The Hall–Kier alpha value is -3.52. The maximum Gasteiger partial charge on any atom is 0.275 e. The van der Waals surface area contributed by atoms with Crippen molar-refractivity contribution in [2.24, 2.45) is 0 Å². The van der Waals surface area contributed by atoms with E-state index in [0.29, 0.717) is 24.0 Å². The van der Waals surface area contributed by atoms with Crippen molar-refractivity contribution in [2.75, 3.05) is 32.7 Å². The Morgan fingerprint density at radius 3 is 2.62 bits per heavy atom. The van der Waals surface area contributed by atoms with Crippen molar-refractivity contribution in [1.29, 1.82) is 0 Å². The molecule has 148 valence electrons. The van der Waals surface area contributed by atoms with E-state index in [1.165, 1.54) is 17.7 Å². The molecule has 0 aliphatic carbocycles. The summed E-state index contributed by atoms with van der Waals surface area (Å²) in [7, 11) is 0. The van der Waals surface area contributed by atoms with Crippen LogP contribution in [0.2, 0.25) is 0 Å². The van der Waals surface area contributed by atoms with Gasteiger partial charge in [0.05, 0.1) is 10.4 Å². The van der Waals surface area contributed by atoms with Gasteiger partial charge in [0, 0.05) is 50.2 Å². The summed E-state index contributed by atoms with van der Waals surface area (Å²) < 4.78 is 0. The lowest BCUT2D eigenvalue weighted by Crippen LogP contribution is -2.48. The molecular weight excluding hydrogens is 370 g/mol. The standard InChI is InChI=1S/C21H21N5O3/c27-21(20-18-15-17(26(28)29)8-9-19(18)22-23-20)25-13-11-24(12-14-25)10-4-7-16-5-2-1-3-6-16/h1-9,15H,10-14H2,(H,22,23)/b7-4+. The van der Waals surface area contributed by atoms with Crippen LogP contribution in [0.1, 0.15) is 16.1 Å². The topological polar surface area (TPSA) is 95.4 Å². The Kier molecular flexibility index (Phi) is 5.35. The number of nitro benzene ring substituents is 1. The summed E-state index contributed by atoms with van der Waals surface area (Å²) in [5, 5.41) is 18.4. The number of aromatic amines is 1. The van der Waals surface area contributed by atoms with E-state index in [0.717, 1.165) is 19.6 Å². The van der Waals surface area contributed by atoms with Gasteiger partial charge in [-0.25, -0.2) is 0 Å². The Balaban J connectivity index is 1.38. The van der Waals surface area contributed by atoms with Gasteiger partial charge in [0.25, 0.3) is 11.6 Å². The van der Waals surface area contributed by atoms with E-state index < -0.39 is 4.92 Å². The summed E-state index contributed by atoms with van der Waals surface area (Å²) in [4.78, 5) is 27.5. The highest BCUT2D eigenvalue weighted by atomic mass is 16.6. The van der Waals surface area contributed by atoms with E-state index >= 15 is 0 Å². The molecular formula is C21H21N5O3. The first-order valence-corrected chi connectivity index (χ1v) is 9.47. The number of nitrogens with one attached hydrogen (secondary N) is 1. The average molecular weight is 391 g/mol. The zero-order valence-corrected chi connectivity index (χ0v) is 15.8. The largest absolute Gasteiger partial charge is 0.335 e. The number of amides is 1. The first kappa shape index (κ1) is 18.8. The summed E-state index contributed by atoms with van der Waals surface area (Å²) in [6.45, 7) is 3.57. The number of non-ortho nitro benzene ring substituents is 1. The first-order valence-electron chi connectivity index (χ1n) is 9.47. The minimum Gasteiger partial charge on any atom is -0.335 e. The number of aromatic nitrogens is 2. The lowest BCUT2D eigenvalue weighted by Gasteiger charge is -2.33. The summed E-state index contributed by atoms with van der Waals surface area (Å²) in [5.41, 5.74) is 1.97. The average Bonchev–Trinajstić information content (AvgIpc) is 3.18. The Morgan fingerprint density at radius 2 is 1.90 bits per heavy atom. The molecule has 8 heteroatoms. The second-order valence-corrected chi connectivity index (χ2v) is 6.97. The minimum absolute atomic E-state index is 0.0528. The number of hydrogen-bond donors (Lipinski definition) is 1. The fourth-order valence-corrected chi connectivity index (χ4v) is 3.46. The van der Waals surface area contributed by atoms with E-state index in [2.05, 4.69) is 39.4 Å². The van der Waals surface area contributed by atoms with Crippen molar-refractivity contribution >= 4 is 28.6 Å². The van der Waals surface area contributed by atoms with Crippen LogP contribution in [-0.2, 0) is 0 Å². The van der Waals surface area contributed by atoms with Gasteiger partial charge in [-0.2, -0.15) is 5.10 Å². The van der Waals surface area contributed by atoms with E-state index in [-0.39, 0.29) is 17.3 Å². The van der Waals surface area contributed by atoms with E-state index in [1.807, 2.05) is 18.2 Å². The zero-order chi connectivity index (χ0) is 20.2. The molecule has 0 unspecified atom stereocenters. The zero-order valence-electron chi connectivity index (χ0n) is 15.8. The van der Waals surface area contributed by atoms with Crippen molar-refractivity contribution in [3.63, 3.8) is 0 Å². The molecule has 1 amide bonds. The SMILES string of the molecule is O=C(c1n[nH]c2ccc([N+](=O)[O-])cc12)N1CCN(C/C=C/c2ccccc2)CC1. The smallest absolute Gasteiger partial charge is 0.275 e. The van der Waals surface area contributed by atoms with Crippen LogP contribution in [0, 0.1) is 10.1 Å². The number of nitro groups is 1. The lowest BCUT2D eigenvalue weighted by molar-refractivity contribution is -0.384.